The Morgan fingerprint density at radius 2 is 1.67 bits per heavy atom. The normalized spacial score (nSPS) is 13.6. The summed E-state index contributed by atoms with van der Waals surface area (Å²) in [6.45, 7) is 1.19. The average molecular weight is 293 g/mol. The predicted octanol–water partition coefficient (Wildman–Crippen LogP) is -1.38. The van der Waals surface area contributed by atoms with E-state index in [0.717, 1.165) is 0 Å². The second-order valence-corrected chi connectivity index (χ2v) is 4.39. The third-order valence-electron chi connectivity index (χ3n) is 2.28. The fraction of sp³-hybridized carbons (Fsp3) is 0.700. The number of hydrogen-bond acceptors (Lipinski definition) is 6. The Morgan fingerprint density at radius 1 is 1.11 bits per heavy atom. The molecule has 8 heteroatoms. The molecule has 0 bridgehead atoms. The summed E-state index contributed by atoms with van der Waals surface area (Å²) in [7, 11) is 1.63. The van der Waals surface area contributed by atoms with Gasteiger partial charge in [0, 0.05) is 11.5 Å². The maximum absolute atomic E-state index is 11.5. The maximum Gasteiger partial charge on any atom is 0.240 e. The summed E-state index contributed by atoms with van der Waals surface area (Å²) in [5.74, 6) is -0.353. The van der Waals surface area contributed by atoms with Gasteiger partial charge in [0.25, 0.3) is 0 Å². The van der Waals surface area contributed by atoms with Crippen molar-refractivity contribution in [2.45, 2.75) is 19.0 Å². The molecule has 6 nitrogen and oxygen atoms in total. The van der Waals surface area contributed by atoms with E-state index in [0.29, 0.717) is 5.75 Å². The minimum absolute atomic E-state index is 0.173. The van der Waals surface area contributed by atoms with Gasteiger partial charge in [-0.25, -0.2) is 0 Å². The zero-order chi connectivity index (χ0) is 14.1. The molecule has 0 saturated carbocycles. The van der Waals surface area contributed by atoms with Gasteiger partial charge in [0.15, 0.2) is 5.78 Å². The van der Waals surface area contributed by atoms with E-state index in [1.807, 2.05) is 0 Å². The number of nitrogens with one attached hydrogen (secondary N) is 3. The Labute approximate surface area is 117 Å². The van der Waals surface area contributed by atoms with Crippen LogP contribution in [0.25, 0.3) is 0 Å². The Morgan fingerprint density at radius 3 is 2.06 bits per heavy atom. The molecule has 0 saturated heterocycles. The van der Waals surface area contributed by atoms with E-state index >= 15 is 0 Å². The molecule has 0 aromatic heterocycles. The van der Waals surface area contributed by atoms with Gasteiger partial charge < -0.3 is 16.0 Å². The third kappa shape index (κ3) is 6.27. The topological polar surface area (TPSA) is 87.3 Å². The number of likely N-dealkylation sites (N-methyl/N-ethyl adjacent to an activating group) is 1. The molecular weight excluding hydrogens is 274 g/mol. The summed E-state index contributed by atoms with van der Waals surface area (Å²) >= 11 is 7.96. The monoisotopic (exact) mass is 293 g/mol. The second kappa shape index (κ2) is 9.23. The van der Waals surface area contributed by atoms with Crippen LogP contribution in [0, 0.1) is 0 Å². The average Bonchev–Trinajstić information content (AvgIpc) is 2.34. The van der Waals surface area contributed by atoms with Crippen molar-refractivity contribution in [3.8, 4) is 0 Å². The molecule has 0 aliphatic heterocycles. The van der Waals surface area contributed by atoms with Crippen molar-refractivity contribution in [2.24, 2.45) is 0 Å². The van der Waals surface area contributed by atoms with Gasteiger partial charge in [0.1, 0.15) is 0 Å². The second-order valence-electron chi connectivity index (χ2n) is 3.65. The first-order chi connectivity index (χ1) is 8.46. The minimum atomic E-state index is -0.622. The first-order valence-electron chi connectivity index (χ1n) is 5.42. The van der Waals surface area contributed by atoms with E-state index < -0.39 is 18.0 Å². The lowest BCUT2D eigenvalue weighted by Crippen LogP contribution is -2.49. The molecular formula is C10H19N3O3S2. The minimum Gasteiger partial charge on any atom is -0.346 e. The van der Waals surface area contributed by atoms with Gasteiger partial charge in [-0.1, -0.05) is 0 Å². The van der Waals surface area contributed by atoms with Crippen LogP contribution in [0.1, 0.15) is 6.92 Å². The SMILES string of the molecule is CNC(CS)C(=O)NCC(=O)N[C@H](CS)C(C)=O. The molecule has 0 aromatic carbocycles. The van der Waals surface area contributed by atoms with Crippen LogP contribution in [-0.4, -0.2) is 54.8 Å². The highest BCUT2D eigenvalue weighted by atomic mass is 32.1. The van der Waals surface area contributed by atoms with Gasteiger partial charge in [-0.15, -0.1) is 0 Å². The number of rotatable bonds is 8. The van der Waals surface area contributed by atoms with Crippen LogP contribution in [0.4, 0.5) is 0 Å². The molecule has 2 amide bonds. The van der Waals surface area contributed by atoms with E-state index in [4.69, 9.17) is 0 Å². The number of Topliss-reactive ketones (excluding diaryl/α,β-unsaturated/α-hetero) is 1. The van der Waals surface area contributed by atoms with Crippen molar-refractivity contribution in [2.75, 3.05) is 25.1 Å². The Balaban J connectivity index is 4.10. The molecule has 104 valence electrons. The molecule has 0 spiro atoms. The highest BCUT2D eigenvalue weighted by Crippen LogP contribution is 1.90. The molecule has 0 aliphatic rings. The van der Waals surface area contributed by atoms with Gasteiger partial charge in [0.05, 0.1) is 18.6 Å². The van der Waals surface area contributed by atoms with Crippen LogP contribution >= 0.6 is 25.3 Å². The third-order valence-corrected chi connectivity index (χ3v) is 3.01. The molecule has 3 N–H and O–H groups in total. The van der Waals surface area contributed by atoms with Crippen molar-refractivity contribution >= 4 is 42.9 Å². The Bertz CT molecular complexity index is 309. The van der Waals surface area contributed by atoms with Crippen LogP contribution in [0.5, 0.6) is 0 Å². The van der Waals surface area contributed by atoms with Gasteiger partial charge in [0.2, 0.25) is 11.8 Å². The van der Waals surface area contributed by atoms with Crippen LogP contribution < -0.4 is 16.0 Å². The maximum atomic E-state index is 11.5. The molecule has 0 aliphatic carbocycles. The number of hydrogen-bond donors (Lipinski definition) is 5. The number of carbonyl (C=O) groups is 3. The lowest BCUT2D eigenvalue weighted by molar-refractivity contribution is -0.128. The van der Waals surface area contributed by atoms with Crippen molar-refractivity contribution in [3.05, 3.63) is 0 Å². The zero-order valence-corrected chi connectivity index (χ0v) is 12.2. The molecule has 0 heterocycles. The summed E-state index contributed by atoms with van der Waals surface area (Å²) in [4.78, 5) is 34.1. The molecule has 0 fully saturated rings. The Kier molecular flexibility index (Phi) is 8.86. The van der Waals surface area contributed by atoms with E-state index in [2.05, 4.69) is 41.2 Å². The van der Waals surface area contributed by atoms with Gasteiger partial charge in [-0.2, -0.15) is 25.3 Å². The van der Waals surface area contributed by atoms with E-state index in [-0.39, 0.29) is 24.0 Å². The summed E-state index contributed by atoms with van der Waals surface area (Å²) in [6.07, 6.45) is 0. The number of carbonyl (C=O) groups excluding carboxylic acids is 3. The predicted molar refractivity (Wildman–Crippen MR) is 76.2 cm³/mol. The van der Waals surface area contributed by atoms with Crippen molar-refractivity contribution in [3.63, 3.8) is 0 Å². The molecule has 0 rings (SSSR count). The molecule has 2 atom stereocenters. The van der Waals surface area contributed by atoms with Crippen molar-refractivity contribution in [1.29, 1.82) is 0 Å². The standard InChI is InChI=1S/C10H19N3O3S2/c1-6(14)7(4-17)13-9(15)3-12-10(16)8(5-18)11-2/h7-8,11,17-18H,3-5H2,1-2H3,(H,12,16)(H,13,15)/t7-,8?/m1/s1. The molecule has 1 unspecified atom stereocenters. The summed E-state index contributed by atoms with van der Waals surface area (Å²) < 4.78 is 0. The molecule has 18 heavy (non-hydrogen) atoms. The van der Waals surface area contributed by atoms with Crippen LogP contribution in [-0.2, 0) is 14.4 Å². The smallest absolute Gasteiger partial charge is 0.240 e. The number of ketones is 1. The number of amides is 2. The van der Waals surface area contributed by atoms with Crippen LogP contribution in [0.3, 0.4) is 0 Å². The lowest BCUT2D eigenvalue weighted by atomic mass is 10.2. The first kappa shape index (κ1) is 17.3. The van der Waals surface area contributed by atoms with Crippen molar-refractivity contribution < 1.29 is 14.4 Å². The van der Waals surface area contributed by atoms with E-state index in [1.54, 1.807) is 7.05 Å². The number of thiol groups is 2. The van der Waals surface area contributed by atoms with Crippen molar-refractivity contribution in [1.82, 2.24) is 16.0 Å². The Hall–Kier alpha value is -0.730. The molecule has 0 radical (unpaired) electrons. The highest BCUT2D eigenvalue weighted by Gasteiger charge is 2.18. The quantitative estimate of drug-likeness (QED) is 0.357. The largest absolute Gasteiger partial charge is 0.346 e. The zero-order valence-electron chi connectivity index (χ0n) is 10.4. The highest BCUT2D eigenvalue weighted by molar-refractivity contribution is 7.80. The summed E-state index contributed by atoms with van der Waals surface area (Å²) in [5, 5.41) is 7.69. The molecule has 0 aromatic rings. The van der Waals surface area contributed by atoms with E-state index in [9.17, 15) is 14.4 Å². The first-order valence-corrected chi connectivity index (χ1v) is 6.69. The fourth-order valence-electron chi connectivity index (χ4n) is 1.12. The van der Waals surface area contributed by atoms with Crippen LogP contribution in [0.2, 0.25) is 0 Å². The van der Waals surface area contributed by atoms with E-state index in [1.165, 1.54) is 6.92 Å². The summed E-state index contributed by atoms with van der Waals surface area (Å²) in [5.41, 5.74) is 0. The lowest BCUT2D eigenvalue weighted by Gasteiger charge is -2.15. The summed E-state index contributed by atoms with van der Waals surface area (Å²) in [6, 6.07) is -1.07. The fourth-order valence-corrected chi connectivity index (χ4v) is 1.81. The van der Waals surface area contributed by atoms with Gasteiger partial charge in [-0.3, -0.25) is 14.4 Å². The van der Waals surface area contributed by atoms with Gasteiger partial charge in [-0.05, 0) is 14.0 Å². The van der Waals surface area contributed by atoms with Crippen LogP contribution in [0.15, 0.2) is 0 Å². The van der Waals surface area contributed by atoms with Gasteiger partial charge >= 0.3 is 0 Å².